The third-order valence-electron chi connectivity index (χ3n) is 4.42. The van der Waals surface area contributed by atoms with E-state index in [2.05, 4.69) is 4.98 Å². The van der Waals surface area contributed by atoms with E-state index in [0.717, 1.165) is 11.2 Å². The number of likely N-dealkylation sites (N-methyl/N-ethyl adjacent to an activating group) is 1. The van der Waals surface area contributed by atoms with Crippen LogP contribution >= 0.6 is 11.6 Å². The smallest absolute Gasteiger partial charge is 0.246 e. The molecule has 0 atom stereocenters. The van der Waals surface area contributed by atoms with Gasteiger partial charge in [0, 0.05) is 25.4 Å². The van der Waals surface area contributed by atoms with Crippen LogP contribution in [0.5, 0.6) is 11.5 Å². The lowest BCUT2D eigenvalue weighted by molar-refractivity contribution is -0.126. The number of ether oxygens (including phenoxy) is 2. The van der Waals surface area contributed by atoms with Crippen molar-refractivity contribution in [3.05, 3.63) is 65.1 Å². The Balaban J connectivity index is 1.78. The van der Waals surface area contributed by atoms with Gasteiger partial charge in [0.1, 0.15) is 5.65 Å². The number of fused-ring (bicyclic) bond motifs is 1. The number of aromatic nitrogens is 2. The zero-order valence-corrected chi connectivity index (χ0v) is 16.8. The lowest BCUT2D eigenvalue weighted by atomic mass is 10.2. The number of carbonyl (C=O) groups is 1. The van der Waals surface area contributed by atoms with Gasteiger partial charge in [0.15, 0.2) is 16.7 Å². The zero-order valence-electron chi connectivity index (χ0n) is 16.1. The molecular weight excluding hydrogens is 378 g/mol. The summed E-state index contributed by atoms with van der Waals surface area (Å²) in [5, 5.41) is 0.359. The number of halogens is 1. The Hall–Kier alpha value is -2.99. The second-order valence-corrected chi connectivity index (χ2v) is 6.45. The highest BCUT2D eigenvalue weighted by molar-refractivity contribution is 6.31. The Labute approximate surface area is 169 Å². The van der Waals surface area contributed by atoms with E-state index in [4.69, 9.17) is 21.1 Å². The monoisotopic (exact) mass is 399 g/mol. The maximum absolute atomic E-state index is 12.7. The van der Waals surface area contributed by atoms with E-state index in [1.807, 2.05) is 53.9 Å². The van der Waals surface area contributed by atoms with Crippen LogP contribution < -0.4 is 9.47 Å². The van der Waals surface area contributed by atoms with E-state index in [1.54, 1.807) is 25.2 Å². The predicted molar refractivity (Wildman–Crippen MR) is 110 cm³/mol. The van der Waals surface area contributed by atoms with Crippen molar-refractivity contribution in [2.45, 2.75) is 13.5 Å². The molecule has 7 heteroatoms. The molecule has 1 aromatic carbocycles. The highest BCUT2D eigenvalue weighted by Gasteiger charge is 2.13. The second kappa shape index (κ2) is 8.80. The van der Waals surface area contributed by atoms with Gasteiger partial charge in [0.25, 0.3) is 0 Å². The number of rotatable bonds is 7. The standard InChI is InChI=1S/C21H22ClN3O3/c1-4-24(14-15-8-10-17(27-2)18(13-15)28-3)20(26)11-9-16-21(22)23-19-7-5-6-12-25(16)19/h5-13H,4,14H2,1-3H3/b11-9+. The molecule has 0 N–H and O–H groups in total. The van der Waals surface area contributed by atoms with E-state index < -0.39 is 0 Å². The first-order valence-electron chi connectivity index (χ1n) is 8.87. The molecule has 0 spiro atoms. The number of pyridine rings is 1. The molecule has 0 radical (unpaired) electrons. The Kier molecular flexibility index (Phi) is 6.21. The van der Waals surface area contributed by atoms with Crippen molar-refractivity contribution < 1.29 is 14.3 Å². The summed E-state index contributed by atoms with van der Waals surface area (Å²) in [6.07, 6.45) is 5.08. The number of nitrogens with zero attached hydrogens (tertiary/aromatic N) is 3. The van der Waals surface area contributed by atoms with Gasteiger partial charge in [-0.15, -0.1) is 0 Å². The van der Waals surface area contributed by atoms with Crippen molar-refractivity contribution in [2.24, 2.45) is 0 Å². The number of amides is 1. The summed E-state index contributed by atoms with van der Waals surface area (Å²) in [5.41, 5.74) is 2.36. The predicted octanol–water partition coefficient (Wildman–Crippen LogP) is 4.07. The fraction of sp³-hybridized carbons (Fsp3) is 0.238. The maximum Gasteiger partial charge on any atom is 0.246 e. The molecule has 0 saturated carbocycles. The van der Waals surface area contributed by atoms with Gasteiger partial charge >= 0.3 is 0 Å². The average Bonchev–Trinajstić information content (AvgIpc) is 3.04. The molecule has 2 heterocycles. The van der Waals surface area contributed by atoms with Crippen LogP contribution in [0.2, 0.25) is 5.15 Å². The molecule has 0 aliphatic carbocycles. The first-order chi connectivity index (χ1) is 13.6. The van der Waals surface area contributed by atoms with E-state index in [0.29, 0.717) is 35.4 Å². The van der Waals surface area contributed by atoms with Crippen LogP contribution in [0.15, 0.2) is 48.7 Å². The summed E-state index contributed by atoms with van der Waals surface area (Å²) in [6, 6.07) is 11.3. The van der Waals surface area contributed by atoms with Crippen LogP contribution in [0.4, 0.5) is 0 Å². The van der Waals surface area contributed by atoms with E-state index in [9.17, 15) is 4.79 Å². The van der Waals surface area contributed by atoms with Crippen molar-refractivity contribution in [1.82, 2.24) is 14.3 Å². The van der Waals surface area contributed by atoms with Gasteiger partial charge in [-0.1, -0.05) is 23.7 Å². The van der Waals surface area contributed by atoms with E-state index >= 15 is 0 Å². The molecule has 0 bridgehead atoms. The number of methoxy groups -OCH3 is 2. The summed E-state index contributed by atoms with van der Waals surface area (Å²) in [5.74, 6) is 1.18. The quantitative estimate of drug-likeness (QED) is 0.562. The van der Waals surface area contributed by atoms with Gasteiger partial charge in [0.2, 0.25) is 5.91 Å². The molecular formula is C21H22ClN3O3. The lowest BCUT2D eigenvalue weighted by Crippen LogP contribution is -2.28. The normalized spacial score (nSPS) is 11.1. The summed E-state index contributed by atoms with van der Waals surface area (Å²) >= 11 is 6.22. The Bertz CT molecular complexity index is 1010. The minimum atomic E-state index is -0.112. The second-order valence-electron chi connectivity index (χ2n) is 6.09. The topological polar surface area (TPSA) is 56.1 Å². The van der Waals surface area contributed by atoms with Gasteiger partial charge in [-0.2, -0.15) is 0 Å². The van der Waals surface area contributed by atoms with E-state index in [1.165, 1.54) is 6.08 Å². The molecule has 28 heavy (non-hydrogen) atoms. The number of hydrogen-bond donors (Lipinski definition) is 0. The number of carbonyl (C=O) groups excluding carboxylic acids is 1. The van der Waals surface area contributed by atoms with Gasteiger partial charge in [0.05, 0.1) is 19.9 Å². The SMILES string of the molecule is CCN(Cc1ccc(OC)c(OC)c1)C(=O)/C=C/c1c(Cl)nc2ccccn12. The largest absolute Gasteiger partial charge is 0.493 e. The first kappa shape index (κ1) is 19.8. The maximum atomic E-state index is 12.7. The van der Waals surface area contributed by atoms with Gasteiger partial charge in [-0.25, -0.2) is 4.98 Å². The molecule has 3 rings (SSSR count). The zero-order chi connectivity index (χ0) is 20.1. The van der Waals surface area contributed by atoms with Crippen molar-refractivity contribution in [1.29, 1.82) is 0 Å². The molecule has 0 fully saturated rings. The van der Waals surface area contributed by atoms with Crippen LogP contribution in [-0.2, 0) is 11.3 Å². The van der Waals surface area contributed by atoms with Crippen LogP contribution in [0, 0.1) is 0 Å². The highest BCUT2D eigenvalue weighted by atomic mass is 35.5. The Morgan fingerprint density at radius 3 is 2.71 bits per heavy atom. The molecule has 1 amide bonds. The van der Waals surface area contributed by atoms with Crippen LogP contribution in [0.1, 0.15) is 18.2 Å². The fourth-order valence-electron chi connectivity index (χ4n) is 2.94. The Morgan fingerprint density at radius 2 is 2.00 bits per heavy atom. The first-order valence-corrected chi connectivity index (χ1v) is 9.25. The third-order valence-corrected chi connectivity index (χ3v) is 4.70. The van der Waals surface area contributed by atoms with Crippen molar-refractivity contribution in [3.63, 3.8) is 0 Å². The van der Waals surface area contributed by atoms with Crippen molar-refractivity contribution in [2.75, 3.05) is 20.8 Å². The minimum Gasteiger partial charge on any atom is -0.493 e. The molecule has 3 aromatic rings. The molecule has 2 aromatic heterocycles. The summed E-state index contributed by atoms with van der Waals surface area (Å²) in [4.78, 5) is 18.7. The minimum absolute atomic E-state index is 0.112. The average molecular weight is 400 g/mol. The summed E-state index contributed by atoms with van der Waals surface area (Å²) < 4.78 is 12.4. The van der Waals surface area contributed by atoms with E-state index in [-0.39, 0.29) is 5.91 Å². The summed E-state index contributed by atoms with van der Waals surface area (Å²) in [7, 11) is 3.18. The van der Waals surface area contributed by atoms with Gasteiger partial charge in [-0.05, 0) is 42.8 Å². The van der Waals surface area contributed by atoms with Crippen molar-refractivity contribution in [3.8, 4) is 11.5 Å². The van der Waals surface area contributed by atoms with Crippen LogP contribution in [0.3, 0.4) is 0 Å². The van der Waals surface area contributed by atoms with Gasteiger partial charge in [-0.3, -0.25) is 9.20 Å². The number of imidazole rings is 1. The number of hydrogen-bond acceptors (Lipinski definition) is 4. The van der Waals surface area contributed by atoms with Crippen molar-refractivity contribution >= 4 is 29.2 Å². The van der Waals surface area contributed by atoms with Crippen LogP contribution in [0.25, 0.3) is 11.7 Å². The Morgan fingerprint density at radius 1 is 1.21 bits per heavy atom. The molecule has 146 valence electrons. The van der Waals surface area contributed by atoms with Crippen LogP contribution in [-0.4, -0.2) is 41.0 Å². The molecule has 0 unspecified atom stereocenters. The molecule has 0 aliphatic heterocycles. The molecule has 0 aliphatic rings. The molecule has 0 saturated heterocycles. The lowest BCUT2D eigenvalue weighted by Gasteiger charge is -2.20. The fourth-order valence-corrected chi connectivity index (χ4v) is 3.18. The molecule has 6 nitrogen and oxygen atoms in total. The number of benzene rings is 1. The van der Waals surface area contributed by atoms with Gasteiger partial charge < -0.3 is 14.4 Å². The summed E-state index contributed by atoms with van der Waals surface area (Å²) in [6.45, 7) is 2.97. The highest BCUT2D eigenvalue weighted by Crippen LogP contribution is 2.28. The third kappa shape index (κ3) is 4.12.